The number of aliphatic hydroxyl groups excluding tert-OH is 1. The normalized spacial score (nSPS) is 13.2. The van der Waals surface area contributed by atoms with Gasteiger partial charge in [0.25, 0.3) is 0 Å². The molecular weight excluding hydrogens is 338 g/mol. The number of aliphatic hydroxyl groups is 1. The first-order chi connectivity index (χ1) is 12.4. The molecule has 0 saturated carbocycles. The van der Waals surface area contributed by atoms with Crippen LogP contribution >= 0.6 is 0 Å². The van der Waals surface area contributed by atoms with Gasteiger partial charge in [0.2, 0.25) is 0 Å². The molecule has 140 valence electrons. The summed E-state index contributed by atoms with van der Waals surface area (Å²) in [6.45, 7) is 1.92. The van der Waals surface area contributed by atoms with E-state index >= 15 is 0 Å². The molecule has 0 spiro atoms. The van der Waals surface area contributed by atoms with Crippen LogP contribution in [0.2, 0.25) is 0 Å². The third-order valence-electron chi connectivity index (χ3n) is 3.96. The molecule has 7 heteroatoms. The maximum absolute atomic E-state index is 10.5. The summed E-state index contributed by atoms with van der Waals surface area (Å²) in [7, 11) is 0. The topological polar surface area (TPSA) is 119 Å². The Bertz CT molecular complexity index is 731. The third kappa shape index (κ3) is 5.65. The van der Waals surface area contributed by atoms with Crippen LogP contribution in [-0.2, 0) is 11.2 Å². The van der Waals surface area contributed by atoms with Gasteiger partial charge in [-0.25, -0.2) is 4.79 Å². The molecule has 5 N–H and O–H groups in total. The largest absolute Gasteiger partial charge is 0.508 e. The minimum Gasteiger partial charge on any atom is -0.508 e. The van der Waals surface area contributed by atoms with Crippen molar-refractivity contribution in [2.45, 2.75) is 25.5 Å². The molecule has 0 fully saturated rings. The van der Waals surface area contributed by atoms with Crippen molar-refractivity contribution >= 4 is 5.97 Å². The highest BCUT2D eigenvalue weighted by Crippen LogP contribution is 2.27. The predicted octanol–water partition coefficient (Wildman–Crippen LogP) is 1.82. The number of benzene rings is 2. The van der Waals surface area contributed by atoms with Crippen molar-refractivity contribution in [1.82, 2.24) is 5.32 Å². The van der Waals surface area contributed by atoms with Crippen molar-refractivity contribution in [2.24, 2.45) is 0 Å². The van der Waals surface area contributed by atoms with Gasteiger partial charge in [0.05, 0.1) is 6.10 Å². The number of aliphatic carboxylic acids is 1. The van der Waals surface area contributed by atoms with Crippen LogP contribution in [0, 0.1) is 0 Å². The summed E-state index contributed by atoms with van der Waals surface area (Å²) in [5.74, 6) is -0.947. The summed E-state index contributed by atoms with van der Waals surface area (Å²) >= 11 is 0. The maximum atomic E-state index is 10.5. The molecule has 0 bridgehead atoms. The number of rotatable bonds is 9. The second-order valence-electron chi connectivity index (χ2n) is 6.01. The van der Waals surface area contributed by atoms with E-state index in [1.165, 1.54) is 24.3 Å². The molecule has 0 aromatic heterocycles. The van der Waals surface area contributed by atoms with Crippen molar-refractivity contribution in [3.63, 3.8) is 0 Å². The van der Waals surface area contributed by atoms with E-state index in [-0.39, 0.29) is 23.3 Å². The van der Waals surface area contributed by atoms with Crippen LogP contribution in [0.1, 0.15) is 24.2 Å². The summed E-state index contributed by atoms with van der Waals surface area (Å²) in [5, 5.41) is 41.3. The van der Waals surface area contributed by atoms with Gasteiger partial charge in [-0.05, 0) is 55.3 Å². The summed E-state index contributed by atoms with van der Waals surface area (Å²) < 4.78 is 4.97. The number of carbonyl (C=O) groups is 1. The van der Waals surface area contributed by atoms with Crippen molar-refractivity contribution in [2.75, 3.05) is 13.2 Å². The van der Waals surface area contributed by atoms with E-state index in [2.05, 4.69) is 5.32 Å². The number of aromatic hydroxyl groups is 2. The number of carboxylic acids is 1. The highest BCUT2D eigenvalue weighted by Gasteiger charge is 2.15. The highest BCUT2D eigenvalue weighted by atomic mass is 16.5. The fourth-order valence-corrected chi connectivity index (χ4v) is 2.50. The van der Waals surface area contributed by atoms with E-state index < -0.39 is 18.7 Å². The smallest absolute Gasteiger partial charge is 0.341 e. The number of phenolic OH excluding ortho intramolecular Hbond substituents is 2. The van der Waals surface area contributed by atoms with Gasteiger partial charge in [0.1, 0.15) is 5.75 Å². The molecular formula is C19H23NO6. The summed E-state index contributed by atoms with van der Waals surface area (Å²) in [5.41, 5.74) is 1.56. The van der Waals surface area contributed by atoms with Gasteiger partial charge in [-0.2, -0.15) is 0 Å². The Morgan fingerprint density at radius 2 is 1.85 bits per heavy atom. The number of ether oxygens (including phenoxy) is 1. The second kappa shape index (κ2) is 9.07. The molecule has 0 unspecified atom stereocenters. The predicted molar refractivity (Wildman–Crippen MR) is 95.5 cm³/mol. The molecule has 0 saturated heterocycles. The molecule has 0 amide bonds. The molecule has 7 nitrogen and oxygen atoms in total. The Balaban J connectivity index is 1.83. The van der Waals surface area contributed by atoms with E-state index in [9.17, 15) is 20.1 Å². The molecule has 0 heterocycles. The van der Waals surface area contributed by atoms with Crippen LogP contribution in [0.3, 0.4) is 0 Å². The maximum Gasteiger partial charge on any atom is 0.341 e. The zero-order valence-electron chi connectivity index (χ0n) is 14.4. The Morgan fingerprint density at radius 1 is 1.15 bits per heavy atom. The Kier molecular flexibility index (Phi) is 6.82. The highest BCUT2D eigenvalue weighted by molar-refractivity contribution is 5.68. The first-order valence-corrected chi connectivity index (χ1v) is 8.23. The molecule has 2 rings (SSSR count). The first-order valence-electron chi connectivity index (χ1n) is 8.23. The molecule has 0 radical (unpaired) electrons. The monoisotopic (exact) mass is 361 g/mol. The van der Waals surface area contributed by atoms with Gasteiger partial charge < -0.3 is 30.5 Å². The minimum absolute atomic E-state index is 0.110. The van der Waals surface area contributed by atoms with Crippen LogP contribution in [0.5, 0.6) is 17.2 Å². The molecule has 26 heavy (non-hydrogen) atoms. The number of hydrogen-bond acceptors (Lipinski definition) is 6. The molecule has 2 atom stereocenters. The third-order valence-corrected chi connectivity index (χ3v) is 3.96. The summed E-state index contributed by atoms with van der Waals surface area (Å²) in [6.07, 6.45) is -0.102. The number of carboxylic acid groups (broad SMARTS) is 1. The van der Waals surface area contributed by atoms with Crippen LogP contribution in [0.15, 0.2) is 42.5 Å². The zero-order chi connectivity index (χ0) is 19.1. The lowest BCUT2D eigenvalue weighted by Gasteiger charge is -2.21. The van der Waals surface area contributed by atoms with Gasteiger partial charge in [0, 0.05) is 6.04 Å². The lowest BCUT2D eigenvalue weighted by atomic mass is 10.0. The summed E-state index contributed by atoms with van der Waals surface area (Å²) in [4.78, 5) is 10.5. The average Bonchev–Trinajstić information content (AvgIpc) is 2.60. The Hall–Kier alpha value is -2.77. The lowest BCUT2D eigenvalue weighted by Crippen LogP contribution is -2.33. The second-order valence-corrected chi connectivity index (χ2v) is 6.01. The van der Waals surface area contributed by atoms with Crippen molar-refractivity contribution in [1.29, 1.82) is 0 Å². The van der Waals surface area contributed by atoms with E-state index in [0.29, 0.717) is 18.5 Å². The van der Waals surface area contributed by atoms with Crippen molar-refractivity contribution in [3.05, 3.63) is 53.6 Å². The van der Waals surface area contributed by atoms with Crippen LogP contribution < -0.4 is 10.1 Å². The first kappa shape index (κ1) is 19.6. The van der Waals surface area contributed by atoms with Crippen LogP contribution in [-0.4, -0.2) is 45.6 Å². The fourth-order valence-electron chi connectivity index (χ4n) is 2.50. The quantitative estimate of drug-likeness (QED) is 0.462. The molecule has 2 aromatic carbocycles. The Labute approximate surface area is 151 Å². The SMILES string of the molecule is C[C@H](NCCc1ccc(OCC(=O)O)c(O)c1)[C@@H](O)c1ccc(O)cc1. The van der Waals surface area contributed by atoms with Gasteiger partial charge in [0.15, 0.2) is 18.1 Å². The lowest BCUT2D eigenvalue weighted by molar-refractivity contribution is -0.139. The molecule has 0 aliphatic rings. The van der Waals surface area contributed by atoms with Crippen molar-refractivity contribution in [3.8, 4) is 17.2 Å². The van der Waals surface area contributed by atoms with Gasteiger partial charge in [-0.3, -0.25) is 0 Å². The standard InChI is InChI=1S/C19H23NO6/c1-12(19(25)14-3-5-15(21)6-4-14)20-9-8-13-2-7-17(16(22)10-13)26-11-18(23)24/h2-7,10,12,19-22,25H,8-9,11H2,1H3,(H,23,24)/t12-,19+/m0/s1. The number of phenols is 2. The van der Waals surface area contributed by atoms with E-state index in [4.69, 9.17) is 9.84 Å². The number of hydrogen-bond donors (Lipinski definition) is 5. The van der Waals surface area contributed by atoms with Crippen LogP contribution in [0.4, 0.5) is 0 Å². The van der Waals surface area contributed by atoms with Gasteiger partial charge in [-0.1, -0.05) is 18.2 Å². The van der Waals surface area contributed by atoms with Gasteiger partial charge in [-0.15, -0.1) is 0 Å². The minimum atomic E-state index is -1.11. The van der Waals surface area contributed by atoms with Gasteiger partial charge >= 0.3 is 5.97 Å². The van der Waals surface area contributed by atoms with E-state index in [0.717, 1.165) is 5.56 Å². The molecule has 0 aliphatic heterocycles. The number of nitrogens with one attached hydrogen (secondary N) is 1. The average molecular weight is 361 g/mol. The fraction of sp³-hybridized carbons (Fsp3) is 0.316. The zero-order valence-corrected chi connectivity index (χ0v) is 14.4. The Morgan fingerprint density at radius 3 is 2.46 bits per heavy atom. The summed E-state index contributed by atoms with van der Waals surface area (Å²) in [6, 6.07) is 11.0. The van der Waals surface area contributed by atoms with E-state index in [1.807, 2.05) is 6.92 Å². The molecule has 2 aromatic rings. The van der Waals surface area contributed by atoms with Crippen LogP contribution in [0.25, 0.3) is 0 Å². The van der Waals surface area contributed by atoms with E-state index in [1.54, 1.807) is 18.2 Å². The molecule has 0 aliphatic carbocycles. The van der Waals surface area contributed by atoms with Crippen molar-refractivity contribution < 1.29 is 30.0 Å².